The number of nitrogens with one attached hydrogen (secondary N) is 1. The summed E-state index contributed by atoms with van der Waals surface area (Å²) < 4.78 is 80.0. The zero-order valence-corrected chi connectivity index (χ0v) is 22.4. The van der Waals surface area contributed by atoms with Crippen molar-refractivity contribution in [2.24, 2.45) is 0 Å². The molecular weight excluding hydrogens is 528 g/mol. The molecule has 0 bridgehead atoms. The highest BCUT2D eigenvalue weighted by Gasteiger charge is 2.34. The van der Waals surface area contributed by atoms with Gasteiger partial charge in [0.15, 0.2) is 0 Å². The Morgan fingerprint density at radius 3 is 2.26 bits per heavy atom. The summed E-state index contributed by atoms with van der Waals surface area (Å²) in [6.07, 6.45) is -4.46. The minimum absolute atomic E-state index is 0.0376. The van der Waals surface area contributed by atoms with E-state index in [-0.39, 0.29) is 30.9 Å². The highest BCUT2D eigenvalue weighted by Crippen LogP contribution is 2.32. The summed E-state index contributed by atoms with van der Waals surface area (Å²) in [6, 6.07) is 8.50. The molecule has 3 N–H and O–H groups in total. The number of halogens is 4. The maximum absolute atomic E-state index is 13.4. The number of rotatable bonds is 14. The largest absolute Gasteiger partial charge is 0.481 e. The van der Waals surface area contributed by atoms with Crippen molar-refractivity contribution in [3.05, 3.63) is 65.0 Å². The molecule has 1 unspecified atom stereocenters. The summed E-state index contributed by atoms with van der Waals surface area (Å²) in [6.45, 7) is 3.51. The summed E-state index contributed by atoms with van der Waals surface area (Å²) in [5, 5.41) is 22.5. The number of carboxylic acids is 1. The molecule has 2 aromatic rings. The van der Waals surface area contributed by atoms with Gasteiger partial charge in [-0.15, -0.1) is 0 Å². The van der Waals surface area contributed by atoms with Gasteiger partial charge >= 0.3 is 12.1 Å². The van der Waals surface area contributed by atoms with E-state index in [4.69, 9.17) is 5.11 Å². The standard InChI is InChI=1S/C26H34F4N2O5S/c1-25(2,12-4-5-18-6-9-21(27)10-7-18)31-16-22(33)17-32(3)38(36,37)23-14-19(8-11-24(34)35)13-20(15-23)26(28,29)30/h6-7,9-10,13-15,22,31,33H,4-5,8,11-12,16-17H2,1-3H3,(H,34,35). The molecule has 0 saturated carbocycles. The van der Waals surface area contributed by atoms with Gasteiger partial charge in [0.2, 0.25) is 10.0 Å². The number of carbonyl (C=O) groups is 1. The number of β-amino-alcohol motifs (C(OH)–C–C–N with tert-alkyl or cyclic N) is 1. The molecule has 12 heteroatoms. The fourth-order valence-electron chi connectivity index (χ4n) is 3.88. The summed E-state index contributed by atoms with van der Waals surface area (Å²) in [7, 11) is -3.25. The molecule has 212 valence electrons. The van der Waals surface area contributed by atoms with Gasteiger partial charge in [-0.05, 0) is 81.0 Å². The van der Waals surface area contributed by atoms with Crippen LogP contribution in [0.2, 0.25) is 0 Å². The smallest absolute Gasteiger partial charge is 0.416 e. The van der Waals surface area contributed by atoms with Crippen molar-refractivity contribution in [3.63, 3.8) is 0 Å². The topological polar surface area (TPSA) is 107 Å². The van der Waals surface area contributed by atoms with Crippen molar-refractivity contribution in [3.8, 4) is 0 Å². The van der Waals surface area contributed by atoms with Gasteiger partial charge in [0.1, 0.15) is 5.82 Å². The van der Waals surface area contributed by atoms with Gasteiger partial charge in [-0.2, -0.15) is 17.5 Å². The third-order valence-electron chi connectivity index (χ3n) is 6.09. The molecule has 0 aliphatic rings. The first-order valence-electron chi connectivity index (χ1n) is 12.1. The number of aliphatic hydroxyl groups is 1. The number of likely N-dealkylation sites (N-methyl/N-ethyl adjacent to an activating group) is 1. The molecule has 0 aromatic heterocycles. The number of aliphatic carboxylic acids is 1. The first-order valence-corrected chi connectivity index (χ1v) is 13.5. The lowest BCUT2D eigenvalue weighted by Gasteiger charge is -2.29. The molecule has 0 saturated heterocycles. The fraction of sp³-hybridized carbons (Fsp3) is 0.500. The van der Waals surface area contributed by atoms with Crippen molar-refractivity contribution in [2.45, 2.75) is 68.7 Å². The Hall–Kier alpha value is -2.54. The molecule has 0 amide bonds. The molecule has 0 spiro atoms. The van der Waals surface area contributed by atoms with Crippen LogP contribution in [0.5, 0.6) is 0 Å². The van der Waals surface area contributed by atoms with E-state index in [1.54, 1.807) is 12.1 Å². The van der Waals surface area contributed by atoms with Crippen LogP contribution in [0.4, 0.5) is 17.6 Å². The summed E-state index contributed by atoms with van der Waals surface area (Å²) in [5.74, 6) is -1.53. The van der Waals surface area contributed by atoms with E-state index in [2.05, 4.69) is 5.32 Å². The number of hydrogen-bond acceptors (Lipinski definition) is 5. The van der Waals surface area contributed by atoms with Gasteiger partial charge in [-0.25, -0.2) is 12.8 Å². The number of hydrogen-bond donors (Lipinski definition) is 3. The Kier molecular flexibility index (Phi) is 10.8. The molecule has 2 aromatic carbocycles. The van der Waals surface area contributed by atoms with E-state index in [0.717, 1.165) is 41.9 Å². The van der Waals surface area contributed by atoms with Crippen LogP contribution in [-0.4, -0.2) is 60.7 Å². The number of benzene rings is 2. The minimum Gasteiger partial charge on any atom is -0.481 e. The molecule has 0 aliphatic carbocycles. The Morgan fingerprint density at radius 2 is 1.68 bits per heavy atom. The molecule has 0 radical (unpaired) electrons. The first-order chi connectivity index (χ1) is 17.5. The second kappa shape index (κ2) is 13.0. The number of carboxylic acid groups (broad SMARTS) is 1. The van der Waals surface area contributed by atoms with Crippen LogP contribution in [0.25, 0.3) is 0 Å². The monoisotopic (exact) mass is 562 g/mol. The Labute approximate surface area is 220 Å². The summed E-state index contributed by atoms with van der Waals surface area (Å²) in [5.41, 5.74) is -0.677. The molecule has 0 fully saturated rings. The van der Waals surface area contributed by atoms with E-state index >= 15 is 0 Å². The molecule has 38 heavy (non-hydrogen) atoms. The number of alkyl halides is 3. The molecule has 0 aliphatic heterocycles. The predicted molar refractivity (Wildman–Crippen MR) is 135 cm³/mol. The van der Waals surface area contributed by atoms with Crippen molar-refractivity contribution in [2.75, 3.05) is 20.1 Å². The summed E-state index contributed by atoms with van der Waals surface area (Å²) in [4.78, 5) is 10.2. The zero-order chi connectivity index (χ0) is 28.7. The number of aryl methyl sites for hydroxylation is 2. The number of nitrogens with zero attached hydrogens (tertiary/aromatic N) is 1. The third-order valence-corrected chi connectivity index (χ3v) is 7.90. The van der Waals surface area contributed by atoms with E-state index in [1.165, 1.54) is 12.1 Å². The van der Waals surface area contributed by atoms with Crippen LogP contribution in [0.1, 0.15) is 49.8 Å². The average molecular weight is 563 g/mol. The van der Waals surface area contributed by atoms with Crippen LogP contribution >= 0.6 is 0 Å². The third kappa shape index (κ3) is 9.97. The van der Waals surface area contributed by atoms with E-state index < -0.39 is 50.7 Å². The first kappa shape index (κ1) is 31.7. The molecule has 0 heterocycles. The van der Waals surface area contributed by atoms with Crippen molar-refractivity contribution < 1.29 is 41.0 Å². The molecule has 7 nitrogen and oxygen atoms in total. The van der Waals surface area contributed by atoms with Crippen LogP contribution < -0.4 is 5.32 Å². The van der Waals surface area contributed by atoms with Crippen LogP contribution in [0.15, 0.2) is 47.4 Å². The second-order valence-electron chi connectivity index (χ2n) is 9.94. The number of aliphatic hydroxyl groups excluding tert-OH is 1. The fourth-order valence-corrected chi connectivity index (χ4v) is 5.18. The second-order valence-corrected chi connectivity index (χ2v) is 12.0. The van der Waals surface area contributed by atoms with Gasteiger partial charge in [0.05, 0.1) is 16.6 Å². The Balaban J connectivity index is 2.00. The Morgan fingerprint density at radius 1 is 1.05 bits per heavy atom. The van der Waals surface area contributed by atoms with Crippen molar-refractivity contribution >= 4 is 16.0 Å². The maximum Gasteiger partial charge on any atom is 0.416 e. The van der Waals surface area contributed by atoms with E-state index in [1.807, 2.05) is 13.8 Å². The molecule has 2 rings (SSSR count). The van der Waals surface area contributed by atoms with E-state index in [9.17, 15) is 35.9 Å². The van der Waals surface area contributed by atoms with Gasteiger partial charge in [0, 0.05) is 32.1 Å². The Bertz CT molecular complexity index is 1190. The van der Waals surface area contributed by atoms with Crippen molar-refractivity contribution in [1.29, 1.82) is 0 Å². The highest BCUT2D eigenvalue weighted by atomic mass is 32.2. The molecular formula is C26H34F4N2O5S. The highest BCUT2D eigenvalue weighted by molar-refractivity contribution is 7.89. The van der Waals surface area contributed by atoms with E-state index in [0.29, 0.717) is 12.5 Å². The lowest BCUT2D eigenvalue weighted by Crippen LogP contribution is -2.46. The lowest BCUT2D eigenvalue weighted by atomic mass is 9.95. The van der Waals surface area contributed by atoms with Crippen LogP contribution in [-0.2, 0) is 33.8 Å². The number of sulfonamides is 1. The maximum atomic E-state index is 13.4. The zero-order valence-electron chi connectivity index (χ0n) is 21.6. The summed E-state index contributed by atoms with van der Waals surface area (Å²) >= 11 is 0. The SMILES string of the molecule is CN(CC(O)CNC(C)(C)CCCc1ccc(F)cc1)S(=O)(=O)c1cc(CCC(=O)O)cc(C(F)(F)F)c1. The van der Waals surface area contributed by atoms with Gasteiger partial charge in [-0.3, -0.25) is 4.79 Å². The van der Waals surface area contributed by atoms with Crippen molar-refractivity contribution in [1.82, 2.24) is 9.62 Å². The minimum atomic E-state index is -4.83. The molecule has 1 atom stereocenters. The lowest BCUT2D eigenvalue weighted by molar-refractivity contribution is -0.138. The van der Waals surface area contributed by atoms with Gasteiger partial charge in [0.25, 0.3) is 0 Å². The van der Waals surface area contributed by atoms with Crippen LogP contribution in [0, 0.1) is 5.82 Å². The quantitative estimate of drug-likeness (QED) is 0.298. The normalized spacial score (nSPS) is 13.6. The average Bonchev–Trinajstić information content (AvgIpc) is 2.82. The van der Waals surface area contributed by atoms with Gasteiger partial charge < -0.3 is 15.5 Å². The van der Waals surface area contributed by atoms with Gasteiger partial charge in [-0.1, -0.05) is 12.1 Å². The van der Waals surface area contributed by atoms with Crippen LogP contribution in [0.3, 0.4) is 0 Å². The predicted octanol–water partition coefficient (Wildman–Crippen LogP) is 4.23.